The van der Waals surface area contributed by atoms with E-state index in [4.69, 9.17) is 14.2 Å². The molecule has 1 unspecified atom stereocenters. The lowest BCUT2D eigenvalue weighted by atomic mass is 10.2. The maximum absolute atomic E-state index is 12.5. The maximum Gasteiger partial charge on any atom is 0.412 e. The van der Waals surface area contributed by atoms with E-state index in [1.54, 1.807) is 4.90 Å². The van der Waals surface area contributed by atoms with Crippen molar-refractivity contribution in [3.8, 4) is 0 Å². The minimum atomic E-state index is -0.701. The summed E-state index contributed by atoms with van der Waals surface area (Å²) in [6.45, 7) is 17.0. The van der Waals surface area contributed by atoms with Crippen molar-refractivity contribution in [2.24, 2.45) is 0 Å². The van der Waals surface area contributed by atoms with Gasteiger partial charge in [-0.2, -0.15) is 0 Å². The predicted octanol–water partition coefficient (Wildman–Crippen LogP) is 2.86. The van der Waals surface area contributed by atoms with Gasteiger partial charge < -0.3 is 24.8 Å². The first-order chi connectivity index (χ1) is 12.2. The van der Waals surface area contributed by atoms with Gasteiger partial charge in [-0.1, -0.05) is 0 Å². The molecule has 0 aromatic rings. The molecule has 8 heteroatoms. The van der Waals surface area contributed by atoms with Crippen molar-refractivity contribution in [1.82, 2.24) is 15.5 Å². The zero-order chi connectivity index (χ0) is 20.9. The Morgan fingerprint density at radius 2 is 1.67 bits per heavy atom. The molecule has 1 fully saturated rings. The monoisotopic (exact) mass is 387 g/mol. The van der Waals surface area contributed by atoms with E-state index < -0.39 is 23.0 Å². The number of ether oxygens (including phenoxy) is 3. The summed E-state index contributed by atoms with van der Waals surface area (Å²) in [6, 6.07) is -0.103. The third-order valence-corrected chi connectivity index (χ3v) is 3.74. The molecule has 0 aromatic heterocycles. The Bertz CT molecular complexity index is 508. The van der Waals surface area contributed by atoms with Gasteiger partial charge in [0.25, 0.3) is 0 Å². The Labute approximate surface area is 163 Å². The van der Waals surface area contributed by atoms with Crippen molar-refractivity contribution in [3.05, 3.63) is 0 Å². The van der Waals surface area contributed by atoms with Crippen LogP contribution in [0, 0.1) is 0 Å². The van der Waals surface area contributed by atoms with Gasteiger partial charge in [0.15, 0.2) is 0 Å². The van der Waals surface area contributed by atoms with Gasteiger partial charge in [-0.15, -0.1) is 0 Å². The first-order valence-corrected chi connectivity index (χ1v) is 9.55. The second kappa shape index (κ2) is 9.10. The van der Waals surface area contributed by atoms with Crippen molar-refractivity contribution >= 4 is 12.2 Å². The Kier molecular flexibility index (Phi) is 7.92. The largest absolute Gasteiger partial charge is 0.444 e. The fourth-order valence-corrected chi connectivity index (χ4v) is 2.70. The van der Waals surface area contributed by atoms with Crippen LogP contribution in [0.4, 0.5) is 9.59 Å². The fraction of sp³-hybridized carbons (Fsp3) is 0.895. The molecular formula is C19H37N3O5. The molecule has 8 nitrogen and oxygen atoms in total. The molecule has 0 radical (unpaired) electrons. The number of amides is 2. The average Bonchev–Trinajstić information content (AvgIpc) is 2.73. The lowest BCUT2D eigenvalue weighted by molar-refractivity contribution is -0.0623. The van der Waals surface area contributed by atoms with Crippen molar-refractivity contribution in [2.75, 3.05) is 26.2 Å². The molecule has 0 spiro atoms. The summed E-state index contributed by atoms with van der Waals surface area (Å²) in [6.07, 6.45) is -0.0317. The van der Waals surface area contributed by atoms with E-state index in [1.165, 1.54) is 0 Å². The lowest BCUT2D eigenvalue weighted by Gasteiger charge is -2.35. The fourth-order valence-electron chi connectivity index (χ4n) is 2.70. The quantitative estimate of drug-likeness (QED) is 0.681. The zero-order valence-corrected chi connectivity index (χ0v) is 18.1. The first kappa shape index (κ1) is 23.5. The molecule has 1 aliphatic rings. The summed E-state index contributed by atoms with van der Waals surface area (Å²) < 4.78 is 16.5. The summed E-state index contributed by atoms with van der Waals surface area (Å²) >= 11 is 0. The number of nitrogens with zero attached hydrogens (tertiary/aromatic N) is 1. The molecule has 0 saturated carbocycles. The van der Waals surface area contributed by atoms with Crippen LogP contribution in [0.5, 0.6) is 0 Å². The average molecular weight is 388 g/mol. The molecule has 0 aliphatic carbocycles. The molecule has 1 aliphatic heterocycles. The minimum Gasteiger partial charge on any atom is -0.444 e. The number of hydrogen-bond acceptors (Lipinski definition) is 6. The van der Waals surface area contributed by atoms with Gasteiger partial charge in [0.05, 0.1) is 12.6 Å². The van der Waals surface area contributed by atoms with Gasteiger partial charge in [-0.05, 0) is 68.4 Å². The van der Waals surface area contributed by atoms with E-state index in [1.807, 2.05) is 55.4 Å². The molecule has 158 valence electrons. The summed E-state index contributed by atoms with van der Waals surface area (Å²) in [5.74, 6) is 0. The van der Waals surface area contributed by atoms with Crippen LogP contribution in [0.25, 0.3) is 0 Å². The summed E-state index contributed by atoms with van der Waals surface area (Å²) in [5.41, 5.74) is -1.75. The van der Waals surface area contributed by atoms with Crippen LogP contribution in [0.1, 0.15) is 61.8 Å². The number of carbonyl (C=O) groups excluding carboxylic acids is 2. The van der Waals surface area contributed by atoms with Gasteiger partial charge in [-0.3, -0.25) is 4.90 Å². The van der Waals surface area contributed by atoms with E-state index in [0.29, 0.717) is 26.2 Å². The number of hydrogen-bond donors (Lipinski definition) is 2. The van der Waals surface area contributed by atoms with E-state index >= 15 is 0 Å². The van der Waals surface area contributed by atoms with Gasteiger partial charge in [0, 0.05) is 13.1 Å². The lowest BCUT2D eigenvalue weighted by Crippen LogP contribution is -2.52. The molecule has 1 atom stereocenters. The van der Waals surface area contributed by atoms with Crippen molar-refractivity contribution < 1.29 is 23.8 Å². The maximum atomic E-state index is 12.5. The standard InChI is InChI=1S/C19H37N3O5/c1-17(2,3)26-15(23)21-11-9-10-20-12-14-13-25-19(7,8)22(14)16(24)27-18(4,5)6/h14,20H,9-13H2,1-8H3,(H,21,23). The smallest absolute Gasteiger partial charge is 0.412 e. The van der Waals surface area contributed by atoms with Gasteiger partial charge in [0.2, 0.25) is 0 Å². The second-order valence-electron chi connectivity index (χ2n) is 9.25. The van der Waals surface area contributed by atoms with Crippen molar-refractivity contribution in [3.63, 3.8) is 0 Å². The molecule has 1 heterocycles. The molecule has 0 bridgehead atoms. The molecule has 0 aromatic carbocycles. The minimum absolute atomic E-state index is 0.103. The van der Waals surface area contributed by atoms with Gasteiger partial charge in [-0.25, -0.2) is 9.59 Å². The summed E-state index contributed by atoms with van der Waals surface area (Å²) in [4.78, 5) is 25.8. The predicted molar refractivity (Wildman–Crippen MR) is 104 cm³/mol. The number of carbonyl (C=O) groups is 2. The third kappa shape index (κ3) is 8.79. The van der Waals surface area contributed by atoms with Gasteiger partial charge >= 0.3 is 12.2 Å². The second-order valence-corrected chi connectivity index (χ2v) is 9.25. The Hall–Kier alpha value is -1.54. The van der Waals surface area contributed by atoms with Crippen LogP contribution in [-0.2, 0) is 14.2 Å². The summed E-state index contributed by atoms with van der Waals surface area (Å²) in [7, 11) is 0. The van der Waals surface area contributed by atoms with Crippen molar-refractivity contribution in [1.29, 1.82) is 0 Å². The number of nitrogens with one attached hydrogen (secondary N) is 2. The van der Waals surface area contributed by atoms with E-state index in [2.05, 4.69) is 10.6 Å². The summed E-state index contributed by atoms with van der Waals surface area (Å²) in [5, 5.41) is 6.04. The van der Waals surface area contributed by atoms with Crippen molar-refractivity contribution in [2.45, 2.75) is 84.8 Å². The van der Waals surface area contributed by atoms with Crippen LogP contribution in [0.15, 0.2) is 0 Å². The Morgan fingerprint density at radius 1 is 1.07 bits per heavy atom. The van der Waals surface area contributed by atoms with E-state index in [0.717, 1.165) is 6.42 Å². The molecular weight excluding hydrogens is 350 g/mol. The van der Waals surface area contributed by atoms with Crippen LogP contribution < -0.4 is 10.6 Å². The highest BCUT2D eigenvalue weighted by molar-refractivity contribution is 5.69. The zero-order valence-electron chi connectivity index (χ0n) is 18.1. The molecule has 1 rings (SSSR count). The topological polar surface area (TPSA) is 89.1 Å². The van der Waals surface area contributed by atoms with Gasteiger partial charge in [0.1, 0.15) is 16.9 Å². The van der Waals surface area contributed by atoms with Crippen LogP contribution >= 0.6 is 0 Å². The first-order valence-electron chi connectivity index (χ1n) is 9.55. The Morgan fingerprint density at radius 3 is 2.22 bits per heavy atom. The third-order valence-electron chi connectivity index (χ3n) is 3.74. The van der Waals surface area contributed by atoms with E-state index in [9.17, 15) is 9.59 Å². The normalized spacial score (nSPS) is 19.7. The van der Waals surface area contributed by atoms with Crippen LogP contribution in [0.3, 0.4) is 0 Å². The highest BCUT2D eigenvalue weighted by atomic mass is 16.6. The van der Waals surface area contributed by atoms with E-state index in [-0.39, 0.29) is 12.1 Å². The number of rotatable bonds is 6. The highest BCUT2D eigenvalue weighted by Crippen LogP contribution is 2.29. The SMILES string of the molecule is CC(C)(C)OC(=O)NCCCNCC1COC(C)(C)N1C(=O)OC(C)(C)C. The molecule has 1 saturated heterocycles. The van der Waals surface area contributed by atoms with Crippen LogP contribution in [0.2, 0.25) is 0 Å². The Balaban J connectivity index is 2.36. The molecule has 27 heavy (non-hydrogen) atoms. The molecule has 2 amide bonds. The number of alkyl carbamates (subject to hydrolysis) is 1. The highest BCUT2D eigenvalue weighted by Gasteiger charge is 2.45. The molecule has 2 N–H and O–H groups in total. The van der Waals surface area contributed by atoms with Crippen LogP contribution in [-0.4, -0.2) is 66.3 Å².